The van der Waals surface area contributed by atoms with Crippen molar-refractivity contribution >= 4 is 17.4 Å². The molecule has 0 radical (unpaired) electrons. The molecule has 0 heterocycles. The number of ether oxygens (including phenoxy) is 1. The van der Waals surface area contributed by atoms with Crippen LogP contribution in [-0.4, -0.2) is 25.0 Å². The molecule has 2 atom stereocenters. The molecule has 1 aliphatic carbocycles. The van der Waals surface area contributed by atoms with Crippen LogP contribution in [0, 0.1) is 5.41 Å². The summed E-state index contributed by atoms with van der Waals surface area (Å²) in [5.74, 6) is 0. The van der Waals surface area contributed by atoms with Gasteiger partial charge in [0.15, 0.2) is 0 Å². The third kappa shape index (κ3) is 2.67. The summed E-state index contributed by atoms with van der Waals surface area (Å²) < 4.78 is 5.76. The van der Waals surface area contributed by atoms with Crippen LogP contribution in [0.25, 0.3) is 0 Å². The van der Waals surface area contributed by atoms with Gasteiger partial charge in [-0.25, -0.2) is 0 Å². The molecule has 0 aromatic heterocycles. The van der Waals surface area contributed by atoms with E-state index in [1.54, 1.807) is 11.8 Å². The van der Waals surface area contributed by atoms with Crippen LogP contribution in [0.2, 0.25) is 0 Å². The number of thioether (sulfide) groups is 1. The highest BCUT2D eigenvalue weighted by molar-refractivity contribution is 7.98. The fraction of sp³-hybridized carbons (Fsp3) is 0.600. The Balaban J connectivity index is 1.98. The van der Waals surface area contributed by atoms with Crippen LogP contribution in [-0.2, 0) is 4.74 Å². The van der Waals surface area contributed by atoms with E-state index in [1.807, 2.05) is 0 Å². The average molecular weight is 265 g/mol. The molecule has 100 valence electrons. The van der Waals surface area contributed by atoms with Crippen molar-refractivity contribution in [3.63, 3.8) is 0 Å². The van der Waals surface area contributed by atoms with Crippen molar-refractivity contribution in [3.8, 4) is 0 Å². The van der Waals surface area contributed by atoms with Gasteiger partial charge in [0.2, 0.25) is 0 Å². The number of hydrogen-bond donors (Lipinski definition) is 1. The van der Waals surface area contributed by atoms with Crippen LogP contribution in [0.15, 0.2) is 29.2 Å². The van der Waals surface area contributed by atoms with Crippen molar-refractivity contribution in [3.05, 3.63) is 24.3 Å². The molecule has 1 aliphatic rings. The number of rotatable bonds is 5. The van der Waals surface area contributed by atoms with Gasteiger partial charge < -0.3 is 10.1 Å². The first-order valence-electron chi connectivity index (χ1n) is 6.60. The molecule has 0 saturated heterocycles. The SMILES string of the molecule is CCOC1CC(Nc2cccc(SC)c2)C1(C)C. The van der Waals surface area contributed by atoms with E-state index < -0.39 is 0 Å². The minimum Gasteiger partial charge on any atom is -0.382 e. The average Bonchev–Trinajstić information content (AvgIpc) is 2.38. The Morgan fingerprint density at radius 3 is 2.83 bits per heavy atom. The molecule has 0 amide bonds. The van der Waals surface area contributed by atoms with Crippen LogP contribution in [0.5, 0.6) is 0 Å². The van der Waals surface area contributed by atoms with Crippen molar-refractivity contribution in [2.24, 2.45) is 5.41 Å². The fourth-order valence-corrected chi connectivity index (χ4v) is 2.99. The van der Waals surface area contributed by atoms with Crippen LogP contribution in [0.4, 0.5) is 5.69 Å². The van der Waals surface area contributed by atoms with E-state index in [9.17, 15) is 0 Å². The summed E-state index contributed by atoms with van der Waals surface area (Å²) in [7, 11) is 0. The van der Waals surface area contributed by atoms with E-state index in [2.05, 4.69) is 56.6 Å². The topological polar surface area (TPSA) is 21.3 Å². The molecule has 1 saturated carbocycles. The summed E-state index contributed by atoms with van der Waals surface area (Å²) in [5, 5.41) is 3.64. The molecule has 0 spiro atoms. The Labute approximate surface area is 114 Å². The normalized spacial score (nSPS) is 25.6. The molecular formula is C15H23NOS. The molecular weight excluding hydrogens is 242 g/mol. The number of hydrogen-bond acceptors (Lipinski definition) is 3. The second-order valence-electron chi connectivity index (χ2n) is 5.43. The van der Waals surface area contributed by atoms with Gasteiger partial charge >= 0.3 is 0 Å². The van der Waals surface area contributed by atoms with Crippen LogP contribution < -0.4 is 5.32 Å². The van der Waals surface area contributed by atoms with Gasteiger partial charge in [0.25, 0.3) is 0 Å². The minimum atomic E-state index is 0.214. The van der Waals surface area contributed by atoms with Gasteiger partial charge in [0.1, 0.15) is 0 Å². The van der Waals surface area contributed by atoms with E-state index in [0.29, 0.717) is 12.1 Å². The zero-order valence-electron chi connectivity index (χ0n) is 11.7. The second kappa shape index (κ2) is 5.54. The summed E-state index contributed by atoms with van der Waals surface area (Å²) in [4.78, 5) is 1.30. The number of anilines is 1. The van der Waals surface area contributed by atoms with Crippen molar-refractivity contribution in [1.29, 1.82) is 0 Å². The number of nitrogens with one attached hydrogen (secondary N) is 1. The predicted molar refractivity (Wildman–Crippen MR) is 79.4 cm³/mol. The van der Waals surface area contributed by atoms with Gasteiger partial charge in [0, 0.05) is 28.6 Å². The molecule has 1 fully saturated rings. The Morgan fingerprint density at radius 2 is 2.22 bits per heavy atom. The molecule has 1 aromatic rings. The van der Waals surface area contributed by atoms with Gasteiger partial charge in [-0.1, -0.05) is 19.9 Å². The Hall–Kier alpha value is -0.670. The van der Waals surface area contributed by atoms with Crippen molar-refractivity contribution in [2.75, 3.05) is 18.2 Å². The first-order chi connectivity index (χ1) is 8.57. The lowest BCUT2D eigenvalue weighted by molar-refractivity contribution is -0.0975. The monoisotopic (exact) mass is 265 g/mol. The third-order valence-corrected chi connectivity index (χ3v) is 4.68. The quantitative estimate of drug-likeness (QED) is 0.812. The molecule has 18 heavy (non-hydrogen) atoms. The van der Waals surface area contributed by atoms with E-state index in [4.69, 9.17) is 4.74 Å². The molecule has 1 N–H and O–H groups in total. The smallest absolute Gasteiger partial charge is 0.0665 e. The first-order valence-corrected chi connectivity index (χ1v) is 7.82. The first kappa shape index (κ1) is 13.8. The van der Waals surface area contributed by atoms with Crippen molar-refractivity contribution < 1.29 is 4.74 Å². The molecule has 2 nitrogen and oxygen atoms in total. The lowest BCUT2D eigenvalue weighted by atomic mass is 9.64. The van der Waals surface area contributed by atoms with Crippen LogP contribution in [0.3, 0.4) is 0 Å². The lowest BCUT2D eigenvalue weighted by Gasteiger charge is -2.52. The van der Waals surface area contributed by atoms with Crippen molar-refractivity contribution in [1.82, 2.24) is 0 Å². The highest BCUT2D eigenvalue weighted by Gasteiger charge is 2.48. The second-order valence-corrected chi connectivity index (χ2v) is 6.31. The van der Waals surface area contributed by atoms with Gasteiger partial charge in [-0.2, -0.15) is 0 Å². The highest BCUT2D eigenvalue weighted by Crippen LogP contribution is 2.44. The van der Waals surface area contributed by atoms with Gasteiger partial charge in [0.05, 0.1) is 6.10 Å². The van der Waals surface area contributed by atoms with Gasteiger partial charge in [-0.15, -0.1) is 11.8 Å². The van der Waals surface area contributed by atoms with Gasteiger partial charge in [-0.05, 0) is 37.8 Å². The summed E-state index contributed by atoms with van der Waals surface area (Å²) >= 11 is 1.78. The molecule has 2 unspecified atom stereocenters. The largest absolute Gasteiger partial charge is 0.382 e. The zero-order chi connectivity index (χ0) is 13.2. The predicted octanol–water partition coefficient (Wildman–Crippen LogP) is 4.02. The highest BCUT2D eigenvalue weighted by atomic mass is 32.2. The maximum absolute atomic E-state index is 5.76. The molecule has 3 heteroatoms. The Kier molecular flexibility index (Phi) is 4.23. The summed E-state index contributed by atoms with van der Waals surface area (Å²) in [6.45, 7) is 7.45. The summed E-state index contributed by atoms with van der Waals surface area (Å²) in [6.07, 6.45) is 3.60. The third-order valence-electron chi connectivity index (χ3n) is 3.96. The minimum absolute atomic E-state index is 0.214. The van der Waals surface area contributed by atoms with E-state index in [1.165, 1.54) is 10.6 Å². The van der Waals surface area contributed by atoms with E-state index in [0.717, 1.165) is 13.0 Å². The molecule has 1 aromatic carbocycles. The van der Waals surface area contributed by atoms with Gasteiger partial charge in [-0.3, -0.25) is 0 Å². The Morgan fingerprint density at radius 1 is 1.44 bits per heavy atom. The van der Waals surface area contributed by atoms with Crippen LogP contribution >= 0.6 is 11.8 Å². The summed E-state index contributed by atoms with van der Waals surface area (Å²) in [6, 6.07) is 9.12. The zero-order valence-corrected chi connectivity index (χ0v) is 12.5. The van der Waals surface area contributed by atoms with E-state index in [-0.39, 0.29) is 5.41 Å². The van der Waals surface area contributed by atoms with E-state index >= 15 is 0 Å². The van der Waals surface area contributed by atoms with Crippen molar-refractivity contribution in [2.45, 2.75) is 44.2 Å². The maximum Gasteiger partial charge on any atom is 0.0665 e. The standard InChI is InChI=1S/C15H23NOS/c1-5-17-14-10-13(15(14,2)3)16-11-7-6-8-12(9-11)18-4/h6-9,13-14,16H,5,10H2,1-4H3. The maximum atomic E-state index is 5.76. The molecule has 0 aliphatic heterocycles. The molecule has 2 rings (SSSR count). The lowest BCUT2D eigenvalue weighted by Crippen LogP contribution is -2.58. The number of benzene rings is 1. The Bertz CT molecular complexity index is 405. The molecule has 0 bridgehead atoms. The summed E-state index contributed by atoms with van der Waals surface area (Å²) in [5.41, 5.74) is 1.43. The van der Waals surface area contributed by atoms with Crippen LogP contribution in [0.1, 0.15) is 27.2 Å². The fourth-order valence-electron chi connectivity index (χ4n) is 2.53.